The number of hydrogen-bond acceptors (Lipinski definition) is 5. The Bertz CT molecular complexity index is 767. The number of nitriles is 1. The lowest BCUT2D eigenvalue weighted by atomic mass is 10.1. The number of anilines is 1. The highest BCUT2D eigenvalue weighted by Crippen LogP contribution is 2.30. The van der Waals surface area contributed by atoms with Gasteiger partial charge in [-0.1, -0.05) is 35.0 Å². The molecule has 1 aliphatic rings. The smallest absolute Gasteiger partial charge is 0.252 e. The Labute approximate surface area is 138 Å². The van der Waals surface area contributed by atoms with Gasteiger partial charge in [-0.15, -0.1) is 0 Å². The van der Waals surface area contributed by atoms with Crippen LogP contribution in [0.2, 0.25) is 5.02 Å². The van der Waals surface area contributed by atoms with Crippen LogP contribution in [0.3, 0.4) is 0 Å². The van der Waals surface area contributed by atoms with Crippen LogP contribution in [-0.4, -0.2) is 35.6 Å². The molecule has 1 amide bonds. The summed E-state index contributed by atoms with van der Waals surface area (Å²) in [6, 6.07) is 8.53. The summed E-state index contributed by atoms with van der Waals surface area (Å²) in [6.07, 6.45) is 3.56. The molecule has 23 heavy (non-hydrogen) atoms. The second kappa shape index (κ2) is 6.31. The second-order valence-corrected chi connectivity index (χ2v) is 5.79. The van der Waals surface area contributed by atoms with Gasteiger partial charge in [0.2, 0.25) is 5.88 Å². The first-order chi connectivity index (χ1) is 11.1. The van der Waals surface area contributed by atoms with Gasteiger partial charge < -0.3 is 4.52 Å². The highest BCUT2D eigenvalue weighted by Gasteiger charge is 2.33. The Kier molecular flexibility index (Phi) is 4.22. The van der Waals surface area contributed by atoms with Gasteiger partial charge >= 0.3 is 0 Å². The van der Waals surface area contributed by atoms with Crippen molar-refractivity contribution in [3.8, 4) is 17.5 Å². The summed E-state index contributed by atoms with van der Waals surface area (Å²) in [4.78, 5) is 15.4. The van der Waals surface area contributed by atoms with Crippen LogP contribution in [0.15, 0.2) is 34.9 Å². The molecule has 0 N–H and O–H groups in total. The van der Waals surface area contributed by atoms with Gasteiger partial charge in [0.15, 0.2) is 6.19 Å². The molecule has 6 nitrogen and oxygen atoms in total. The van der Waals surface area contributed by atoms with Gasteiger partial charge in [-0.2, -0.15) is 5.26 Å². The third kappa shape index (κ3) is 2.88. The number of likely N-dealkylation sites (N-methyl/N-ethyl adjacent to an activating group) is 1. The van der Waals surface area contributed by atoms with Gasteiger partial charge in [-0.05, 0) is 18.9 Å². The summed E-state index contributed by atoms with van der Waals surface area (Å²) >= 11 is 6.15. The first-order valence-corrected chi connectivity index (χ1v) is 7.65. The molecule has 1 fully saturated rings. The summed E-state index contributed by atoms with van der Waals surface area (Å²) in [5, 5.41) is 13.6. The highest BCUT2D eigenvalue weighted by atomic mass is 35.5. The van der Waals surface area contributed by atoms with Crippen LogP contribution in [-0.2, 0) is 4.79 Å². The summed E-state index contributed by atoms with van der Waals surface area (Å²) in [6.45, 7) is 0.613. The molecule has 1 unspecified atom stereocenters. The molecule has 7 heteroatoms. The van der Waals surface area contributed by atoms with Crippen molar-refractivity contribution in [2.24, 2.45) is 0 Å². The number of carbonyl (C=O) groups is 1. The van der Waals surface area contributed by atoms with E-state index in [1.165, 1.54) is 9.80 Å². The standard InChI is InChI=1S/C16H15ClN4O2/c1-20(16(22)14-7-4-8-21(14)10-18)15-9-13(19-23-15)11-5-2-3-6-12(11)17/h2-3,5-6,9,14H,4,7-8H2,1H3. The largest absolute Gasteiger partial charge is 0.338 e. The van der Waals surface area contributed by atoms with Gasteiger partial charge in [0, 0.05) is 25.2 Å². The zero-order chi connectivity index (χ0) is 16.4. The van der Waals surface area contributed by atoms with E-state index in [9.17, 15) is 4.79 Å². The van der Waals surface area contributed by atoms with Crippen LogP contribution < -0.4 is 4.90 Å². The average molecular weight is 331 g/mol. The number of aromatic nitrogens is 1. The molecule has 0 aliphatic carbocycles. The molecule has 1 aromatic heterocycles. The maximum Gasteiger partial charge on any atom is 0.252 e. The van der Waals surface area contributed by atoms with Crippen molar-refractivity contribution >= 4 is 23.4 Å². The van der Waals surface area contributed by atoms with Gasteiger partial charge in [-0.3, -0.25) is 14.6 Å². The molecule has 0 radical (unpaired) electrons. The molecule has 1 atom stereocenters. The van der Waals surface area contributed by atoms with Crippen LogP contribution >= 0.6 is 11.6 Å². The lowest BCUT2D eigenvalue weighted by molar-refractivity contribution is -0.121. The first-order valence-electron chi connectivity index (χ1n) is 7.27. The van der Waals surface area contributed by atoms with E-state index in [0.29, 0.717) is 29.6 Å². The molecule has 1 aliphatic heterocycles. The Hall–Kier alpha value is -2.52. The predicted octanol–water partition coefficient (Wildman–Crippen LogP) is 2.90. The summed E-state index contributed by atoms with van der Waals surface area (Å²) in [5.41, 5.74) is 1.30. The van der Waals surface area contributed by atoms with Crippen LogP contribution in [0.1, 0.15) is 12.8 Å². The molecule has 1 aromatic carbocycles. The van der Waals surface area contributed by atoms with E-state index >= 15 is 0 Å². The number of rotatable bonds is 3. The number of benzene rings is 1. The number of likely N-dealkylation sites (tertiary alicyclic amines) is 1. The number of nitrogens with zero attached hydrogens (tertiary/aromatic N) is 4. The fraction of sp³-hybridized carbons (Fsp3) is 0.312. The Morgan fingerprint density at radius 1 is 1.52 bits per heavy atom. The van der Waals surface area contributed by atoms with Crippen molar-refractivity contribution in [2.75, 3.05) is 18.5 Å². The molecular formula is C16H15ClN4O2. The summed E-state index contributed by atoms with van der Waals surface area (Å²) < 4.78 is 5.28. The van der Waals surface area contributed by atoms with Crippen molar-refractivity contribution in [2.45, 2.75) is 18.9 Å². The van der Waals surface area contributed by atoms with Gasteiger partial charge in [0.05, 0.1) is 5.02 Å². The third-order valence-electron chi connectivity index (χ3n) is 3.97. The fourth-order valence-corrected chi connectivity index (χ4v) is 2.93. The van der Waals surface area contributed by atoms with E-state index in [1.807, 2.05) is 18.2 Å². The average Bonchev–Trinajstić information content (AvgIpc) is 3.23. The van der Waals surface area contributed by atoms with Crippen LogP contribution in [0.5, 0.6) is 0 Å². The monoisotopic (exact) mass is 330 g/mol. The molecule has 0 saturated carbocycles. The minimum absolute atomic E-state index is 0.175. The zero-order valence-corrected chi connectivity index (χ0v) is 13.3. The summed E-state index contributed by atoms with van der Waals surface area (Å²) in [7, 11) is 1.62. The van der Waals surface area contributed by atoms with E-state index in [-0.39, 0.29) is 5.91 Å². The molecule has 118 valence electrons. The van der Waals surface area contributed by atoms with Crippen molar-refractivity contribution in [1.29, 1.82) is 5.26 Å². The van der Waals surface area contributed by atoms with Crippen LogP contribution in [0.4, 0.5) is 5.88 Å². The normalized spacial score (nSPS) is 17.1. The van der Waals surface area contributed by atoms with Crippen molar-refractivity contribution in [3.63, 3.8) is 0 Å². The van der Waals surface area contributed by atoms with E-state index in [0.717, 1.165) is 12.0 Å². The second-order valence-electron chi connectivity index (χ2n) is 5.38. The number of halogens is 1. The van der Waals surface area contributed by atoms with Crippen LogP contribution in [0.25, 0.3) is 11.3 Å². The zero-order valence-electron chi connectivity index (χ0n) is 12.6. The third-order valence-corrected chi connectivity index (χ3v) is 4.30. The number of hydrogen-bond donors (Lipinski definition) is 0. The first kappa shape index (κ1) is 15.4. The maximum absolute atomic E-state index is 12.5. The lowest BCUT2D eigenvalue weighted by Gasteiger charge is -2.22. The van der Waals surface area contributed by atoms with E-state index in [4.69, 9.17) is 21.4 Å². The predicted molar refractivity (Wildman–Crippen MR) is 85.7 cm³/mol. The molecule has 2 aromatic rings. The van der Waals surface area contributed by atoms with Gasteiger partial charge in [-0.25, -0.2) is 0 Å². The number of carbonyl (C=O) groups excluding carboxylic acids is 1. The van der Waals surface area contributed by atoms with Crippen LogP contribution in [0, 0.1) is 11.5 Å². The number of amides is 1. The lowest BCUT2D eigenvalue weighted by Crippen LogP contribution is -2.42. The van der Waals surface area contributed by atoms with Gasteiger partial charge in [0.1, 0.15) is 11.7 Å². The Morgan fingerprint density at radius 2 is 2.30 bits per heavy atom. The fourth-order valence-electron chi connectivity index (χ4n) is 2.69. The molecule has 3 rings (SSSR count). The maximum atomic E-state index is 12.5. The minimum atomic E-state index is -0.432. The molecular weight excluding hydrogens is 316 g/mol. The minimum Gasteiger partial charge on any atom is -0.338 e. The highest BCUT2D eigenvalue weighted by molar-refractivity contribution is 6.33. The summed E-state index contributed by atoms with van der Waals surface area (Å²) in [5.74, 6) is 0.153. The van der Waals surface area contributed by atoms with Gasteiger partial charge in [0.25, 0.3) is 5.91 Å². The van der Waals surface area contributed by atoms with Crippen molar-refractivity contribution < 1.29 is 9.32 Å². The molecule has 0 bridgehead atoms. The molecule has 0 spiro atoms. The Morgan fingerprint density at radius 3 is 3.04 bits per heavy atom. The van der Waals surface area contributed by atoms with Crippen molar-refractivity contribution in [1.82, 2.24) is 10.1 Å². The van der Waals surface area contributed by atoms with E-state index in [2.05, 4.69) is 11.3 Å². The molecule has 1 saturated heterocycles. The SMILES string of the molecule is CN(C(=O)C1CCCN1C#N)c1cc(-c2ccccc2Cl)no1. The van der Waals surface area contributed by atoms with E-state index in [1.54, 1.807) is 19.2 Å². The Balaban J connectivity index is 1.82. The quantitative estimate of drug-likeness (QED) is 0.809. The van der Waals surface area contributed by atoms with E-state index < -0.39 is 6.04 Å². The topological polar surface area (TPSA) is 73.4 Å². The van der Waals surface area contributed by atoms with Crippen molar-refractivity contribution in [3.05, 3.63) is 35.4 Å². The molecule has 2 heterocycles.